The third-order valence-corrected chi connectivity index (χ3v) is 5.47. The molecule has 0 heterocycles. The number of rotatable bonds is 5. The number of benzene rings is 1. The topological polar surface area (TPSA) is 78.8 Å². The van der Waals surface area contributed by atoms with Crippen LogP contribution in [0, 0.1) is 0 Å². The molecular formula is C15H18ClN3O3S. The Balaban J connectivity index is 1.99. The molecule has 6 nitrogen and oxygen atoms in total. The van der Waals surface area contributed by atoms with Gasteiger partial charge in [-0.3, -0.25) is 4.79 Å². The molecule has 0 bridgehead atoms. The predicted octanol–water partition coefficient (Wildman–Crippen LogP) is 2.17. The average Bonchev–Trinajstić information content (AvgIpc) is 2.91. The van der Waals surface area contributed by atoms with Gasteiger partial charge >= 0.3 is 0 Å². The van der Waals surface area contributed by atoms with E-state index in [-0.39, 0.29) is 11.4 Å². The lowest BCUT2D eigenvalue weighted by Gasteiger charge is -2.16. The zero-order valence-corrected chi connectivity index (χ0v) is 14.5. The summed E-state index contributed by atoms with van der Waals surface area (Å²) in [6.07, 6.45) is 3.62. The molecule has 1 amide bonds. The van der Waals surface area contributed by atoms with Gasteiger partial charge in [-0.15, -0.1) is 0 Å². The summed E-state index contributed by atoms with van der Waals surface area (Å²) in [6, 6.07) is 5.78. The Kier molecular flexibility index (Phi) is 5.56. The maximum absolute atomic E-state index is 12.3. The van der Waals surface area contributed by atoms with Crippen molar-refractivity contribution in [3.8, 4) is 0 Å². The van der Waals surface area contributed by atoms with Crippen molar-refractivity contribution in [1.29, 1.82) is 0 Å². The minimum absolute atomic E-state index is 0.0814. The van der Waals surface area contributed by atoms with Crippen molar-refractivity contribution in [3.63, 3.8) is 0 Å². The third kappa shape index (κ3) is 4.63. The molecule has 0 saturated heterocycles. The van der Waals surface area contributed by atoms with Gasteiger partial charge in [-0.1, -0.05) is 17.2 Å². The van der Waals surface area contributed by atoms with Gasteiger partial charge in [-0.05, 0) is 50.1 Å². The Labute approximate surface area is 140 Å². The summed E-state index contributed by atoms with van der Waals surface area (Å²) in [5.74, 6) is -0.490. The number of sulfonamides is 1. The number of hydrogen-bond acceptors (Lipinski definition) is 4. The number of nitrogens with zero attached hydrogens (tertiary/aromatic N) is 2. The summed E-state index contributed by atoms with van der Waals surface area (Å²) in [6.45, 7) is 1.68. The van der Waals surface area contributed by atoms with Gasteiger partial charge in [0.05, 0.1) is 17.2 Å². The molecule has 0 atom stereocenters. The van der Waals surface area contributed by atoms with E-state index in [1.807, 2.05) is 13.0 Å². The number of likely N-dealkylation sites (N-methyl/N-ethyl adjacent to an activating group) is 1. The molecule has 1 aliphatic carbocycles. The highest BCUT2D eigenvalue weighted by Crippen LogP contribution is 2.17. The highest BCUT2D eigenvalue weighted by Gasteiger charge is 2.22. The first kappa shape index (κ1) is 17.7. The molecule has 2 rings (SSSR count). The molecule has 1 N–H and O–H groups in total. The van der Waals surface area contributed by atoms with Gasteiger partial charge in [0.1, 0.15) is 0 Å². The molecule has 1 aromatic carbocycles. The number of hydrazone groups is 1. The van der Waals surface area contributed by atoms with Crippen LogP contribution in [0.4, 0.5) is 0 Å². The zero-order chi connectivity index (χ0) is 17.0. The Morgan fingerprint density at radius 2 is 1.96 bits per heavy atom. The fraction of sp³-hybridized carbons (Fsp3) is 0.333. The van der Waals surface area contributed by atoms with E-state index in [0.29, 0.717) is 5.02 Å². The standard InChI is InChI=1S/C15H18ClN3O3S/c1-11-3-6-13(9-11)17-18-15(20)10-19(2)23(21,22)14-7-4-12(16)5-8-14/h4-5,7-9H,3,6,10H2,1-2H3,(H,18,20)/b17-13-. The SMILES string of the molecule is CC1=C/C(=N\NC(=O)CN(C)S(=O)(=O)c2ccc(Cl)cc2)CC1. The molecule has 0 unspecified atom stereocenters. The Hall–Kier alpha value is -1.70. The molecule has 1 aromatic rings. The van der Waals surface area contributed by atoms with E-state index >= 15 is 0 Å². The predicted molar refractivity (Wildman–Crippen MR) is 89.8 cm³/mol. The number of nitrogens with one attached hydrogen (secondary N) is 1. The lowest BCUT2D eigenvalue weighted by molar-refractivity contribution is -0.121. The van der Waals surface area contributed by atoms with Gasteiger partial charge < -0.3 is 0 Å². The molecule has 0 radical (unpaired) electrons. The van der Waals surface area contributed by atoms with Gasteiger partial charge in [0.15, 0.2) is 0 Å². The Bertz CT molecular complexity index is 755. The number of amides is 1. The lowest BCUT2D eigenvalue weighted by atomic mass is 10.3. The van der Waals surface area contributed by atoms with Crippen LogP contribution in [-0.2, 0) is 14.8 Å². The molecule has 124 valence electrons. The normalized spacial score (nSPS) is 16.7. The summed E-state index contributed by atoms with van der Waals surface area (Å²) < 4.78 is 25.7. The number of allylic oxidation sites excluding steroid dienone is 2. The zero-order valence-electron chi connectivity index (χ0n) is 12.9. The fourth-order valence-electron chi connectivity index (χ4n) is 2.09. The summed E-state index contributed by atoms with van der Waals surface area (Å²) in [7, 11) is -2.40. The highest BCUT2D eigenvalue weighted by atomic mass is 35.5. The van der Waals surface area contributed by atoms with Gasteiger partial charge in [0.2, 0.25) is 10.0 Å². The molecule has 0 aliphatic heterocycles. The van der Waals surface area contributed by atoms with Crippen molar-refractivity contribution in [2.75, 3.05) is 13.6 Å². The van der Waals surface area contributed by atoms with Crippen LogP contribution in [-0.4, -0.2) is 37.9 Å². The average molecular weight is 356 g/mol. The smallest absolute Gasteiger partial charge is 0.255 e. The minimum atomic E-state index is -3.74. The van der Waals surface area contributed by atoms with Crippen molar-refractivity contribution in [3.05, 3.63) is 40.9 Å². The number of carbonyl (C=O) groups excluding carboxylic acids is 1. The van der Waals surface area contributed by atoms with E-state index in [1.54, 1.807) is 0 Å². The van der Waals surface area contributed by atoms with Crippen molar-refractivity contribution in [1.82, 2.24) is 9.73 Å². The van der Waals surface area contributed by atoms with Gasteiger partial charge in [0.25, 0.3) is 5.91 Å². The molecule has 0 spiro atoms. The highest BCUT2D eigenvalue weighted by molar-refractivity contribution is 7.89. The largest absolute Gasteiger partial charge is 0.272 e. The second-order valence-corrected chi connectivity index (χ2v) is 7.83. The monoisotopic (exact) mass is 355 g/mol. The van der Waals surface area contributed by atoms with Crippen molar-refractivity contribution >= 4 is 33.2 Å². The first-order valence-corrected chi connectivity index (χ1v) is 8.85. The van der Waals surface area contributed by atoms with Crippen LogP contribution in [0.25, 0.3) is 0 Å². The second kappa shape index (κ2) is 7.25. The Morgan fingerprint density at radius 3 is 2.52 bits per heavy atom. The molecule has 0 saturated carbocycles. The molecule has 8 heteroatoms. The summed E-state index contributed by atoms with van der Waals surface area (Å²) >= 11 is 5.75. The van der Waals surface area contributed by atoms with E-state index in [9.17, 15) is 13.2 Å². The first-order valence-electron chi connectivity index (χ1n) is 7.03. The quantitative estimate of drug-likeness (QED) is 0.822. The lowest BCUT2D eigenvalue weighted by Crippen LogP contribution is -2.36. The second-order valence-electron chi connectivity index (χ2n) is 5.34. The Morgan fingerprint density at radius 1 is 1.30 bits per heavy atom. The number of carbonyl (C=O) groups is 1. The summed E-state index contributed by atoms with van der Waals surface area (Å²) in [4.78, 5) is 11.9. The molecule has 0 fully saturated rings. The molecular weight excluding hydrogens is 338 g/mol. The molecule has 1 aliphatic rings. The van der Waals surface area contributed by atoms with E-state index in [1.165, 1.54) is 36.9 Å². The third-order valence-electron chi connectivity index (χ3n) is 3.40. The fourth-order valence-corrected chi connectivity index (χ4v) is 3.34. The summed E-state index contributed by atoms with van der Waals surface area (Å²) in [5.41, 5.74) is 4.39. The van der Waals surface area contributed by atoms with E-state index < -0.39 is 15.9 Å². The van der Waals surface area contributed by atoms with Gasteiger partial charge in [-0.2, -0.15) is 9.41 Å². The van der Waals surface area contributed by atoms with Crippen LogP contribution in [0.2, 0.25) is 5.02 Å². The van der Waals surface area contributed by atoms with Gasteiger partial charge in [-0.25, -0.2) is 13.8 Å². The van der Waals surface area contributed by atoms with Gasteiger partial charge in [0, 0.05) is 12.1 Å². The maximum atomic E-state index is 12.3. The molecule has 23 heavy (non-hydrogen) atoms. The van der Waals surface area contributed by atoms with Crippen molar-refractivity contribution < 1.29 is 13.2 Å². The van der Waals surface area contributed by atoms with Crippen LogP contribution < -0.4 is 5.43 Å². The van der Waals surface area contributed by atoms with E-state index in [4.69, 9.17) is 11.6 Å². The van der Waals surface area contributed by atoms with Crippen LogP contribution in [0.1, 0.15) is 19.8 Å². The van der Waals surface area contributed by atoms with Crippen molar-refractivity contribution in [2.45, 2.75) is 24.7 Å². The number of hydrogen-bond donors (Lipinski definition) is 1. The molecule has 0 aromatic heterocycles. The summed E-state index contributed by atoms with van der Waals surface area (Å²) in [5, 5.41) is 4.44. The first-order chi connectivity index (χ1) is 10.8. The van der Waals surface area contributed by atoms with Crippen LogP contribution in [0.3, 0.4) is 0 Å². The van der Waals surface area contributed by atoms with E-state index in [0.717, 1.165) is 22.9 Å². The minimum Gasteiger partial charge on any atom is -0.272 e. The number of halogens is 1. The van der Waals surface area contributed by atoms with Crippen LogP contribution in [0.15, 0.2) is 45.9 Å². The van der Waals surface area contributed by atoms with Crippen LogP contribution in [0.5, 0.6) is 0 Å². The van der Waals surface area contributed by atoms with Crippen molar-refractivity contribution in [2.24, 2.45) is 5.10 Å². The van der Waals surface area contributed by atoms with E-state index in [2.05, 4.69) is 10.5 Å². The van der Waals surface area contributed by atoms with Crippen LogP contribution >= 0.6 is 11.6 Å². The maximum Gasteiger partial charge on any atom is 0.255 e.